The van der Waals surface area contributed by atoms with E-state index >= 15 is 0 Å². The first-order valence-corrected chi connectivity index (χ1v) is 15.6. The zero-order chi connectivity index (χ0) is 34.7. The first-order chi connectivity index (χ1) is 22.8. The van der Waals surface area contributed by atoms with Crippen LogP contribution in [-0.4, -0.2) is 63.5 Å². The lowest BCUT2D eigenvalue weighted by Crippen LogP contribution is -2.33. The number of benzene rings is 2. The van der Waals surface area contributed by atoms with Gasteiger partial charge in [-0.15, -0.1) is 6.58 Å². The number of nitrogens with one attached hydrogen (secondary N) is 1. The summed E-state index contributed by atoms with van der Waals surface area (Å²) in [6.45, 7) is 16.1. The van der Waals surface area contributed by atoms with Crippen LogP contribution in [0, 0.1) is 12.7 Å². The second kappa shape index (κ2) is 14.0. The normalized spacial score (nSPS) is 13.4. The number of nitrogens with zero attached hydrogens (tertiary/aromatic N) is 4. The predicted molar refractivity (Wildman–Crippen MR) is 181 cm³/mol. The van der Waals surface area contributed by atoms with Crippen LogP contribution in [0.25, 0.3) is 16.9 Å². The average Bonchev–Trinajstić information content (AvgIpc) is 3.45. The van der Waals surface area contributed by atoms with Gasteiger partial charge in [-0.05, 0) is 45.9 Å². The predicted octanol–water partition coefficient (Wildman–Crippen LogP) is 6.32. The van der Waals surface area contributed by atoms with E-state index in [1.54, 1.807) is 45.9 Å². The number of carbonyl (C=O) groups excluding carboxylic acids is 1. The molecule has 3 heterocycles. The molecule has 0 aliphatic carbocycles. The molecule has 2 aromatic carbocycles. The standard InChI is InChI=1S/C35H37ClFN5O6/c1-7-13-41-14-16-47-25-12-11-23(29(36)31(25)41)30-28(32(34(44)45)48-35(4,5)6)20(3)39-27-18-24(40-42(27)30)33(43)38-19-21-9-10-22(37)17-26(21)46-15-8-2/h7-12,17-18,32H,1-2,13-16,19H2,3-6H3,(H,38,43)(H,44,45). The molecule has 252 valence electrons. The largest absolute Gasteiger partial charge is 0.490 e. The Labute approximate surface area is 282 Å². The van der Waals surface area contributed by atoms with E-state index in [9.17, 15) is 19.1 Å². The second-order valence-electron chi connectivity index (χ2n) is 12.1. The molecule has 0 bridgehead atoms. The van der Waals surface area contributed by atoms with E-state index in [1.807, 2.05) is 4.90 Å². The number of carboxylic acid groups (broad SMARTS) is 1. The number of anilines is 1. The third-order valence-electron chi connectivity index (χ3n) is 7.46. The number of carboxylic acids is 1. The molecule has 5 rings (SSSR count). The smallest absolute Gasteiger partial charge is 0.337 e. The third kappa shape index (κ3) is 7.14. The van der Waals surface area contributed by atoms with E-state index < -0.39 is 29.4 Å². The molecule has 13 heteroatoms. The molecule has 0 radical (unpaired) electrons. The van der Waals surface area contributed by atoms with Crippen LogP contribution < -0.4 is 19.7 Å². The molecule has 2 aromatic heterocycles. The molecule has 0 saturated carbocycles. The number of aryl methyl sites for hydroxylation is 1. The maximum absolute atomic E-state index is 13.9. The van der Waals surface area contributed by atoms with Crippen molar-refractivity contribution >= 4 is 34.8 Å². The van der Waals surface area contributed by atoms with Gasteiger partial charge in [0.2, 0.25) is 0 Å². The third-order valence-corrected chi connectivity index (χ3v) is 7.85. The summed E-state index contributed by atoms with van der Waals surface area (Å²) in [5.74, 6) is -1.43. The highest BCUT2D eigenvalue weighted by Gasteiger charge is 2.35. The van der Waals surface area contributed by atoms with Crippen molar-refractivity contribution < 1.29 is 33.3 Å². The molecule has 2 N–H and O–H groups in total. The van der Waals surface area contributed by atoms with E-state index in [-0.39, 0.29) is 35.8 Å². The van der Waals surface area contributed by atoms with Crippen molar-refractivity contribution in [3.05, 3.63) is 95.1 Å². The first-order valence-electron chi connectivity index (χ1n) is 15.3. The number of aliphatic carboxylic acids is 1. The van der Waals surface area contributed by atoms with E-state index in [0.717, 1.165) is 0 Å². The van der Waals surface area contributed by atoms with Gasteiger partial charge in [0.25, 0.3) is 5.91 Å². The van der Waals surface area contributed by atoms with Gasteiger partial charge in [0.1, 0.15) is 30.5 Å². The molecule has 1 atom stereocenters. The van der Waals surface area contributed by atoms with Gasteiger partial charge >= 0.3 is 5.97 Å². The van der Waals surface area contributed by atoms with Crippen molar-refractivity contribution in [2.24, 2.45) is 0 Å². The van der Waals surface area contributed by atoms with E-state index in [1.165, 1.54) is 34.9 Å². The maximum atomic E-state index is 13.9. The van der Waals surface area contributed by atoms with Crippen molar-refractivity contribution in [1.82, 2.24) is 19.9 Å². The van der Waals surface area contributed by atoms with E-state index in [0.29, 0.717) is 58.7 Å². The fraction of sp³-hybridized carbons (Fsp3) is 0.314. The van der Waals surface area contributed by atoms with Gasteiger partial charge < -0.3 is 29.5 Å². The molecule has 0 fully saturated rings. The zero-order valence-electron chi connectivity index (χ0n) is 27.2. The summed E-state index contributed by atoms with van der Waals surface area (Å²) in [6, 6.07) is 9.02. The number of amides is 1. The summed E-state index contributed by atoms with van der Waals surface area (Å²) in [7, 11) is 0. The molecule has 0 saturated heterocycles. The SMILES string of the molecule is C=CCOc1cc(F)ccc1CNC(=O)c1cc2nc(C)c(C(OC(C)(C)C)C(=O)O)c(-c3ccc4c(c3Cl)N(CC=C)CCO4)n2n1. The minimum atomic E-state index is -1.46. The Morgan fingerprint density at radius 2 is 1.98 bits per heavy atom. The summed E-state index contributed by atoms with van der Waals surface area (Å²) < 4.78 is 32.9. The van der Waals surface area contributed by atoms with Crippen molar-refractivity contribution in [2.45, 2.75) is 45.9 Å². The number of hydrogen-bond acceptors (Lipinski definition) is 8. The van der Waals surface area contributed by atoms with Crippen LogP contribution >= 0.6 is 11.6 Å². The van der Waals surface area contributed by atoms with Crippen LogP contribution in [0.5, 0.6) is 11.5 Å². The number of carbonyl (C=O) groups is 2. The molecule has 48 heavy (non-hydrogen) atoms. The van der Waals surface area contributed by atoms with Crippen LogP contribution in [0.1, 0.15) is 54.2 Å². The Bertz CT molecular complexity index is 1900. The molecular weight excluding hydrogens is 641 g/mol. The lowest BCUT2D eigenvalue weighted by atomic mass is 9.97. The number of aromatic nitrogens is 3. The topological polar surface area (TPSA) is 128 Å². The molecule has 1 aliphatic rings. The zero-order valence-corrected chi connectivity index (χ0v) is 27.9. The number of hydrogen-bond donors (Lipinski definition) is 2. The van der Waals surface area contributed by atoms with Gasteiger partial charge in [0.15, 0.2) is 17.4 Å². The quantitative estimate of drug-likeness (QED) is 0.166. The molecular formula is C35H37ClFN5O6. The average molecular weight is 678 g/mol. The highest BCUT2D eigenvalue weighted by molar-refractivity contribution is 6.36. The van der Waals surface area contributed by atoms with Crippen LogP contribution in [0.4, 0.5) is 10.1 Å². The summed E-state index contributed by atoms with van der Waals surface area (Å²) in [5.41, 5.74) is 1.91. The summed E-state index contributed by atoms with van der Waals surface area (Å²) in [6.07, 6.45) is 1.83. The highest BCUT2D eigenvalue weighted by Crippen LogP contribution is 2.46. The molecule has 11 nitrogen and oxygen atoms in total. The highest BCUT2D eigenvalue weighted by atomic mass is 35.5. The van der Waals surface area contributed by atoms with Crippen LogP contribution in [0.2, 0.25) is 5.02 Å². The van der Waals surface area contributed by atoms with Gasteiger partial charge in [0.05, 0.1) is 28.5 Å². The molecule has 1 aliphatic heterocycles. The molecule has 1 amide bonds. The number of fused-ring (bicyclic) bond motifs is 2. The minimum Gasteiger partial charge on any atom is -0.490 e. The summed E-state index contributed by atoms with van der Waals surface area (Å²) in [4.78, 5) is 32.9. The second-order valence-corrected chi connectivity index (χ2v) is 12.5. The number of halogens is 2. The Balaban J connectivity index is 1.65. The fourth-order valence-electron chi connectivity index (χ4n) is 5.48. The van der Waals surface area contributed by atoms with Crippen LogP contribution in [0.3, 0.4) is 0 Å². The Hall–Kier alpha value is -4.94. The Morgan fingerprint density at radius 1 is 1.21 bits per heavy atom. The summed E-state index contributed by atoms with van der Waals surface area (Å²) >= 11 is 7.15. The Morgan fingerprint density at radius 3 is 2.67 bits per heavy atom. The van der Waals surface area contributed by atoms with Crippen molar-refractivity contribution in [3.63, 3.8) is 0 Å². The van der Waals surface area contributed by atoms with Gasteiger partial charge in [0, 0.05) is 47.6 Å². The fourth-order valence-corrected chi connectivity index (χ4v) is 5.85. The number of ether oxygens (including phenoxy) is 3. The Kier molecular flexibility index (Phi) is 10.1. The van der Waals surface area contributed by atoms with Gasteiger partial charge in [-0.3, -0.25) is 4.79 Å². The monoisotopic (exact) mass is 677 g/mol. The van der Waals surface area contributed by atoms with E-state index in [4.69, 9.17) is 25.8 Å². The lowest BCUT2D eigenvalue weighted by molar-refractivity contribution is -0.160. The summed E-state index contributed by atoms with van der Waals surface area (Å²) in [5, 5.41) is 18.1. The van der Waals surface area contributed by atoms with Gasteiger partial charge in [-0.1, -0.05) is 36.4 Å². The first kappa shape index (κ1) is 34.4. The maximum Gasteiger partial charge on any atom is 0.337 e. The molecule has 1 unspecified atom stereocenters. The van der Waals surface area contributed by atoms with E-state index in [2.05, 4.69) is 28.6 Å². The van der Waals surface area contributed by atoms with Crippen LogP contribution in [0.15, 0.2) is 61.7 Å². The minimum absolute atomic E-state index is 0.00489. The lowest BCUT2D eigenvalue weighted by Gasteiger charge is -2.32. The van der Waals surface area contributed by atoms with Crippen LogP contribution in [-0.2, 0) is 16.1 Å². The molecule has 4 aromatic rings. The van der Waals surface area contributed by atoms with Gasteiger partial charge in [-0.25, -0.2) is 18.7 Å². The molecule has 0 spiro atoms. The van der Waals surface area contributed by atoms with Gasteiger partial charge in [-0.2, -0.15) is 5.10 Å². The van der Waals surface area contributed by atoms with Crippen molar-refractivity contribution in [3.8, 4) is 22.8 Å². The van der Waals surface area contributed by atoms with Crippen molar-refractivity contribution in [2.75, 3.05) is 31.2 Å². The number of rotatable bonds is 12. The van der Waals surface area contributed by atoms with Crippen molar-refractivity contribution in [1.29, 1.82) is 0 Å².